The summed E-state index contributed by atoms with van der Waals surface area (Å²) in [5, 5.41) is 13.5. The lowest BCUT2D eigenvalue weighted by atomic mass is 9.87. The highest BCUT2D eigenvalue weighted by Gasteiger charge is 2.28. The Kier molecular flexibility index (Phi) is 6.82. The van der Waals surface area contributed by atoms with E-state index < -0.39 is 6.03 Å². The predicted octanol–water partition coefficient (Wildman–Crippen LogP) is 3.55. The van der Waals surface area contributed by atoms with Crippen LogP contribution in [0.4, 0.5) is 10.7 Å². The number of primary amides is 1. The minimum absolute atomic E-state index is 0.00775. The van der Waals surface area contributed by atoms with Crippen LogP contribution in [0.3, 0.4) is 0 Å². The largest absolute Gasteiger partial charge is 0.394 e. The third-order valence-electron chi connectivity index (χ3n) is 5.14. The summed E-state index contributed by atoms with van der Waals surface area (Å²) in [6, 6.07) is 4.94. The van der Waals surface area contributed by atoms with Gasteiger partial charge in [0.1, 0.15) is 0 Å². The first-order valence-electron chi connectivity index (χ1n) is 9.60. The number of anilines is 1. The van der Waals surface area contributed by atoms with Crippen molar-refractivity contribution >= 4 is 35.2 Å². The number of aliphatic hydroxyl groups is 1. The highest BCUT2D eigenvalue weighted by Crippen LogP contribution is 2.35. The van der Waals surface area contributed by atoms with Gasteiger partial charge in [-0.2, -0.15) is 0 Å². The highest BCUT2D eigenvalue weighted by molar-refractivity contribution is 6.42. The van der Waals surface area contributed by atoms with Gasteiger partial charge in [-0.05, 0) is 43.0 Å². The number of nitrogens with one attached hydrogen (secondary N) is 1. The van der Waals surface area contributed by atoms with Crippen molar-refractivity contribution in [3.8, 4) is 0 Å². The molecule has 2 aromatic rings. The number of urea groups is 1. The maximum Gasteiger partial charge on any atom is 0.315 e. The van der Waals surface area contributed by atoms with Crippen molar-refractivity contribution in [2.45, 2.75) is 45.2 Å². The number of fused-ring (bicyclic) bond motifs is 1. The number of carbonyl (C=O) groups is 1. The molecule has 9 heteroatoms. The Morgan fingerprint density at radius 1 is 1.34 bits per heavy atom. The minimum atomic E-state index is -0.467. The molecule has 3 rings (SSSR count). The Bertz CT molecular complexity index is 909. The van der Waals surface area contributed by atoms with Crippen LogP contribution in [-0.2, 0) is 13.0 Å². The van der Waals surface area contributed by atoms with Crippen LogP contribution in [0.15, 0.2) is 18.2 Å². The van der Waals surface area contributed by atoms with E-state index in [9.17, 15) is 9.90 Å². The lowest BCUT2D eigenvalue weighted by Crippen LogP contribution is -2.40. The molecule has 1 aliphatic rings. The summed E-state index contributed by atoms with van der Waals surface area (Å²) in [6.07, 6.45) is 1.43. The molecule has 0 saturated carbocycles. The molecule has 1 aromatic heterocycles. The Labute approximate surface area is 180 Å². The monoisotopic (exact) mass is 437 g/mol. The van der Waals surface area contributed by atoms with Crippen molar-refractivity contribution in [2.24, 2.45) is 5.73 Å². The molecule has 0 saturated heterocycles. The molecular formula is C20H25Cl2N5O2. The molecule has 0 aliphatic carbocycles. The first kappa shape index (κ1) is 21.6. The van der Waals surface area contributed by atoms with Gasteiger partial charge < -0.3 is 21.1 Å². The quantitative estimate of drug-likeness (QED) is 0.640. The smallest absolute Gasteiger partial charge is 0.315 e. The molecule has 0 bridgehead atoms. The van der Waals surface area contributed by atoms with Crippen LogP contribution < -0.4 is 11.1 Å². The standard InChI is InChI=1S/C20H25Cl2N5O2/c1-3-13(12-4-5-15(21)16(22)8-12)18-14-6-7-27(19(23)29)9-17(14)25-20(26-18)24-11(2)10-28/h4-5,8,11,13,28H,3,6-7,9-10H2,1-2H3,(H2,23,29)(H,24,25,26)/t11-,13+/m0/s1. The number of carbonyl (C=O) groups excluding carboxylic acids is 1. The van der Waals surface area contributed by atoms with E-state index in [4.69, 9.17) is 33.9 Å². The lowest BCUT2D eigenvalue weighted by molar-refractivity contribution is 0.201. The predicted molar refractivity (Wildman–Crippen MR) is 114 cm³/mol. The molecule has 0 radical (unpaired) electrons. The normalized spacial score (nSPS) is 15.6. The molecule has 2 atom stereocenters. The van der Waals surface area contributed by atoms with Crippen molar-refractivity contribution < 1.29 is 9.90 Å². The summed E-state index contributed by atoms with van der Waals surface area (Å²) in [5.41, 5.74) is 9.19. The van der Waals surface area contributed by atoms with Crippen LogP contribution in [-0.4, -0.2) is 45.2 Å². The van der Waals surface area contributed by atoms with Crippen LogP contribution in [0.2, 0.25) is 10.0 Å². The molecule has 7 nitrogen and oxygen atoms in total. The molecule has 0 spiro atoms. The number of halogens is 2. The molecular weight excluding hydrogens is 413 g/mol. The van der Waals surface area contributed by atoms with Gasteiger partial charge >= 0.3 is 6.03 Å². The van der Waals surface area contributed by atoms with E-state index in [1.54, 1.807) is 11.0 Å². The lowest BCUT2D eigenvalue weighted by Gasteiger charge is -2.30. The number of nitrogens with two attached hydrogens (primary N) is 1. The van der Waals surface area contributed by atoms with Crippen LogP contribution in [0.1, 0.15) is 48.7 Å². The molecule has 4 N–H and O–H groups in total. The van der Waals surface area contributed by atoms with Crippen LogP contribution in [0, 0.1) is 0 Å². The number of rotatable bonds is 6. The van der Waals surface area contributed by atoms with Crippen LogP contribution >= 0.6 is 23.2 Å². The third-order valence-corrected chi connectivity index (χ3v) is 5.88. The van der Waals surface area contributed by atoms with Gasteiger partial charge in [0.15, 0.2) is 0 Å². The summed E-state index contributed by atoms with van der Waals surface area (Å²) in [7, 11) is 0. The molecule has 0 fully saturated rings. The third kappa shape index (κ3) is 4.74. The second-order valence-corrected chi connectivity index (χ2v) is 8.04. The highest BCUT2D eigenvalue weighted by atomic mass is 35.5. The van der Waals surface area contributed by atoms with Crippen LogP contribution in [0.25, 0.3) is 0 Å². The number of amides is 2. The van der Waals surface area contributed by atoms with Gasteiger partial charge in [0, 0.05) is 18.5 Å². The van der Waals surface area contributed by atoms with E-state index in [1.165, 1.54) is 0 Å². The van der Waals surface area contributed by atoms with E-state index >= 15 is 0 Å². The van der Waals surface area contributed by atoms with Crippen molar-refractivity contribution in [2.75, 3.05) is 18.5 Å². The van der Waals surface area contributed by atoms with Gasteiger partial charge in [-0.15, -0.1) is 0 Å². The molecule has 29 heavy (non-hydrogen) atoms. The summed E-state index contributed by atoms with van der Waals surface area (Å²) in [6.45, 7) is 4.74. The first-order chi connectivity index (χ1) is 13.8. The average Bonchev–Trinajstić information content (AvgIpc) is 2.70. The topological polar surface area (TPSA) is 104 Å². The van der Waals surface area contributed by atoms with Gasteiger partial charge in [-0.25, -0.2) is 14.8 Å². The van der Waals surface area contributed by atoms with Gasteiger partial charge in [-0.3, -0.25) is 0 Å². The molecule has 1 aliphatic heterocycles. The fraction of sp³-hybridized carbons (Fsp3) is 0.450. The van der Waals surface area contributed by atoms with Gasteiger partial charge in [0.25, 0.3) is 0 Å². The molecule has 156 valence electrons. The second kappa shape index (κ2) is 9.15. The molecule has 2 heterocycles. The fourth-order valence-electron chi connectivity index (χ4n) is 3.58. The van der Waals surface area contributed by atoms with E-state index in [2.05, 4.69) is 17.2 Å². The van der Waals surface area contributed by atoms with E-state index in [0.29, 0.717) is 35.5 Å². The van der Waals surface area contributed by atoms with Gasteiger partial charge in [-0.1, -0.05) is 36.2 Å². The Balaban J connectivity index is 2.09. The fourth-order valence-corrected chi connectivity index (χ4v) is 3.89. The number of benzene rings is 1. The SMILES string of the molecule is CC[C@H](c1ccc(Cl)c(Cl)c1)c1nc(N[C@@H](C)CO)nc2c1CCN(C(N)=O)C2. The minimum Gasteiger partial charge on any atom is -0.394 e. The Morgan fingerprint density at radius 3 is 2.72 bits per heavy atom. The van der Waals surface area contributed by atoms with Crippen molar-refractivity contribution in [3.63, 3.8) is 0 Å². The van der Waals surface area contributed by atoms with Crippen molar-refractivity contribution in [1.82, 2.24) is 14.9 Å². The number of aliphatic hydroxyl groups excluding tert-OH is 1. The zero-order chi connectivity index (χ0) is 21.1. The Morgan fingerprint density at radius 2 is 2.10 bits per heavy atom. The number of aromatic nitrogens is 2. The summed E-state index contributed by atoms with van der Waals surface area (Å²) in [5.74, 6) is 0.414. The van der Waals surface area contributed by atoms with Crippen molar-refractivity contribution in [1.29, 1.82) is 0 Å². The van der Waals surface area contributed by atoms with E-state index in [-0.39, 0.29) is 18.6 Å². The van der Waals surface area contributed by atoms with Gasteiger partial charge in [0.2, 0.25) is 5.95 Å². The summed E-state index contributed by atoms with van der Waals surface area (Å²) in [4.78, 5) is 22.6. The average molecular weight is 438 g/mol. The number of hydrogen-bond donors (Lipinski definition) is 3. The summed E-state index contributed by atoms with van der Waals surface area (Å²) >= 11 is 12.3. The maximum absolute atomic E-state index is 11.7. The first-order valence-corrected chi connectivity index (χ1v) is 10.4. The molecule has 2 amide bonds. The van der Waals surface area contributed by atoms with Crippen LogP contribution in [0.5, 0.6) is 0 Å². The number of nitrogens with zero attached hydrogens (tertiary/aromatic N) is 3. The number of hydrogen-bond acceptors (Lipinski definition) is 5. The zero-order valence-electron chi connectivity index (χ0n) is 16.5. The summed E-state index contributed by atoms with van der Waals surface area (Å²) < 4.78 is 0. The van der Waals surface area contributed by atoms with E-state index in [0.717, 1.165) is 28.9 Å². The second-order valence-electron chi connectivity index (χ2n) is 7.23. The molecule has 0 unspecified atom stereocenters. The van der Waals surface area contributed by atoms with Crippen molar-refractivity contribution in [3.05, 3.63) is 50.8 Å². The van der Waals surface area contributed by atoms with Gasteiger partial charge in [0.05, 0.1) is 34.6 Å². The Hall–Kier alpha value is -2.09. The molecule has 1 aromatic carbocycles. The van der Waals surface area contributed by atoms with E-state index in [1.807, 2.05) is 19.1 Å². The maximum atomic E-state index is 11.7. The zero-order valence-corrected chi connectivity index (χ0v) is 18.0.